The minimum absolute atomic E-state index is 0. The van der Waals surface area contributed by atoms with Gasteiger partial charge < -0.3 is 23.7 Å². The fraction of sp³-hybridized carbons (Fsp3) is 0.0227. The molecule has 6 heteroatoms. The third-order valence-corrected chi connectivity index (χ3v) is 9.44. The van der Waals surface area contributed by atoms with Crippen molar-refractivity contribution in [3.63, 3.8) is 0 Å². The molecule has 0 spiro atoms. The first kappa shape index (κ1) is 30.3. The molecule has 0 bridgehead atoms. The van der Waals surface area contributed by atoms with E-state index in [0.29, 0.717) is 11.5 Å². The Morgan fingerprint density at radius 2 is 1.30 bits per heavy atom. The van der Waals surface area contributed by atoms with Crippen LogP contribution in [0.15, 0.2) is 146 Å². The summed E-state index contributed by atoms with van der Waals surface area (Å²) in [5.41, 5.74) is 9.59. The molecule has 2 aromatic heterocycles. The largest absolute Gasteiger partial charge is 0.509 e. The number of rotatable bonds is 5. The van der Waals surface area contributed by atoms with E-state index in [4.69, 9.17) is 4.74 Å². The molecule has 5 nitrogen and oxygen atoms in total. The standard InChI is InChI=1S/C44H28N4O.Pd/c1-45-29-46(40-22-11-10-21-39(40)45)32-17-12-18-33(27-32)49-34-23-24-35-36-25-26-41-43(44(36)48(42(35)28-34)31-15-6-3-7-16-31)37-19-8-9-20-38(37)47(41)30-13-4-2-5-14-30;/h2-15,17-26,29H,1H3;/q-4;. The number of nitrogens with zero attached hydrogens (tertiary/aromatic N) is 4. The SMILES string of the molecule is CN1[CH-]N(c2[c-]c(Oc3[c-]c4c(cc3)c3ccc5c(c6ccccc6n5-c5ccccc5)c3n4-c3[c-]cccc3)ccc2)c2ccccc21.[Pd]. The van der Waals surface area contributed by atoms with E-state index in [9.17, 15) is 0 Å². The molecule has 244 valence electrons. The van der Waals surface area contributed by atoms with E-state index in [1.54, 1.807) is 0 Å². The Morgan fingerprint density at radius 1 is 0.560 bits per heavy atom. The van der Waals surface area contributed by atoms with Gasteiger partial charge in [-0.05, 0) is 48.8 Å². The first-order valence-corrected chi connectivity index (χ1v) is 16.3. The summed E-state index contributed by atoms with van der Waals surface area (Å²) in [6, 6.07) is 61.0. The second kappa shape index (κ2) is 12.0. The monoisotopic (exact) mass is 734 g/mol. The van der Waals surface area contributed by atoms with Crippen LogP contribution in [0.4, 0.5) is 17.1 Å². The molecule has 9 aromatic rings. The van der Waals surface area contributed by atoms with Crippen molar-refractivity contribution in [3.05, 3.63) is 170 Å². The van der Waals surface area contributed by atoms with Gasteiger partial charge in [-0.1, -0.05) is 65.8 Å². The first-order valence-electron chi connectivity index (χ1n) is 16.3. The van der Waals surface area contributed by atoms with Gasteiger partial charge in [0.25, 0.3) is 0 Å². The molecule has 50 heavy (non-hydrogen) atoms. The van der Waals surface area contributed by atoms with E-state index in [1.807, 2.05) is 36.4 Å². The predicted octanol–water partition coefficient (Wildman–Crippen LogP) is 10.8. The van der Waals surface area contributed by atoms with Crippen LogP contribution in [0.1, 0.15) is 0 Å². The smallest absolute Gasteiger partial charge is 0.0561 e. The minimum atomic E-state index is 0. The summed E-state index contributed by atoms with van der Waals surface area (Å²) in [6.07, 6.45) is 0. The van der Waals surface area contributed by atoms with Crippen LogP contribution >= 0.6 is 0 Å². The van der Waals surface area contributed by atoms with E-state index in [2.05, 4.69) is 160 Å². The number of fused-ring (bicyclic) bond motifs is 8. The minimum Gasteiger partial charge on any atom is -0.509 e. The third kappa shape index (κ3) is 4.64. The van der Waals surface area contributed by atoms with Gasteiger partial charge in [-0.15, -0.1) is 47.5 Å². The maximum atomic E-state index is 6.52. The molecular formula is C44H28N4OPd-4. The van der Waals surface area contributed by atoms with Crippen LogP contribution < -0.4 is 14.5 Å². The fourth-order valence-electron chi connectivity index (χ4n) is 7.35. The summed E-state index contributed by atoms with van der Waals surface area (Å²) in [6.45, 7) is 2.07. The molecular weight excluding hydrogens is 707 g/mol. The molecule has 3 heterocycles. The van der Waals surface area contributed by atoms with Crippen molar-refractivity contribution < 1.29 is 25.2 Å². The summed E-state index contributed by atoms with van der Waals surface area (Å²) in [5.74, 6) is 1.24. The number of ether oxygens (including phenoxy) is 1. The average molecular weight is 735 g/mol. The van der Waals surface area contributed by atoms with Crippen LogP contribution in [0, 0.1) is 24.9 Å². The van der Waals surface area contributed by atoms with E-state index in [0.717, 1.165) is 61.3 Å². The van der Waals surface area contributed by atoms with E-state index in [-0.39, 0.29) is 20.4 Å². The van der Waals surface area contributed by atoms with Crippen molar-refractivity contribution in [2.24, 2.45) is 0 Å². The predicted molar refractivity (Wildman–Crippen MR) is 199 cm³/mol. The Hall–Kier alpha value is -5.80. The number of aromatic nitrogens is 2. The molecule has 0 N–H and O–H groups in total. The Bertz CT molecular complexity index is 2700. The maximum absolute atomic E-state index is 6.52. The summed E-state index contributed by atoms with van der Waals surface area (Å²) in [5, 5.41) is 4.64. The van der Waals surface area contributed by atoms with Crippen LogP contribution in [0.2, 0.25) is 0 Å². The number of hydrogen-bond donors (Lipinski definition) is 0. The molecule has 10 rings (SSSR count). The number of anilines is 3. The van der Waals surface area contributed by atoms with Crippen LogP contribution in [-0.2, 0) is 20.4 Å². The Morgan fingerprint density at radius 3 is 2.16 bits per heavy atom. The number of para-hydroxylation sites is 5. The van der Waals surface area contributed by atoms with E-state index < -0.39 is 0 Å². The number of benzene rings is 7. The van der Waals surface area contributed by atoms with Crippen LogP contribution in [-0.4, -0.2) is 16.2 Å². The van der Waals surface area contributed by atoms with E-state index >= 15 is 0 Å². The Kier molecular flexibility index (Phi) is 7.24. The van der Waals surface area contributed by atoms with Gasteiger partial charge in [0.1, 0.15) is 0 Å². The zero-order valence-corrected chi connectivity index (χ0v) is 28.5. The third-order valence-electron chi connectivity index (χ3n) is 9.44. The second-order valence-corrected chi connectivity index (χ2v) is 12.3. The summed E-state index contributed by atoms with van der Waals surface area (Å²) in [4.78, 5) is 4.25. The number of hydrogen-bond acceptors (Lipinski definition) is 3. The van der Waals surface area contributed by atoms with E-state index in [1.165, 1.54) is 10.8 Å². The van der Waals surface area contributed by atoms with Gasteiger partial charge in [0.15, 0.2) is 0 Å². The van der Waals surface area contributed by atoms with Crippen molar-refractivity contribution in [3.8, 4) is 22.9 Å². The maximum Gasteiger partial charge on any atom is 0.0561 e. The fourth-order valence-corrected chi connectivity index (χ4v) is 7.35. The van der Waals surface area contributed by atoms with Gasteiger partial charge in [0.2, 0.25) is 0 Å². The molecule has 0 aliphatic carbocycles. The Balaban J connectivity index is 0.00000336. The van der Waals surface area contributed by atoms with Crippen LogP contribution in [0.5, 0.6) is 11.5 Å². The Labute approximate surface area is 303 Å². The summed E-state index contributed by atoms with van der Waals surface area (Å²) < 4.78 is 11.2. The van der Waals surface area contributed by atoms with Gasteiger partial charge in [-0.3, -0.25) is 0 Å². The molecule has 0 saturated carbocycles. The molecule has 0 unspecified atom stereocenters. The van der Waals surface area contributed by atoms with Crippen molar-refractivity contribution in [1.82, 2.24) is 9.13 Å². The molecule has 1 aliphatic heterocycles. The molecule has 0 amide bonds. The van der Waals surface area contributed by atoms with Crippen molar-refractivity contribution in [1.29, 1.82) is 0 Å². The average Bonchev–Trinajstić information content (AvgIpc) is 3.79. The van der Waals surface area contributed by atoms with Crippen LogP contribution in [0.25, 0.3) is 55.0 Å². The quantitative estimate of drug-likeness (QED) is 0.130. The molecule has 0 fully saturated rings. The second-order valence-electron chi connectivity index (χ2n) is 12.3. The summed E-state index contributed by atoms with van der Waals surface area (Å²) in [7, 11) is 2.06. The zero-order valence-electron chi connectivity index (χ0n) is 26.9. The van der Waals surface area contributed by atoms with Gasteiger partial charge in [0.05, 0.1) is 11.0 Å². The van der Waals surface area contributed by atoms with Gasteiger partial charge >= 0.3 is 0 Å². The molecule has 7 aromatic carbocycles. The van der Waals surface area contributed by atoms with Crippen LogP contribution in [0.3, 0.4) is 0 Å². The molecule has 0 saturated heterocycles. The molecule has 0 radical (unpaired) electrons. The summed E-state index contributed by atoms with van der Waals surface area (Å²) >= 11 is 0. The zero-order chi connectivity index (χ0) is 32.5. The normalized spacial score (nSPS) is 12.6. The topological polar surface area (TPSA) is 25.6 Å². The first-order chi connectivity index (χ1) is 24.2. The van der Waals surface area contributed by atoms with Crippen molar-refractivity contribution >= 4 is 60.7 Å². The van der Waals surface area contributed by atoms with Gasteiger partial charge in [-0.25, -0.2) is 0 Å². The molecule has 0 atom stereocenters. The van der Waals surface area contributed by atoms with Crippen molar-refractivity contribution in [2.75, 3.05) is 16.8 Å². The van der Waals surface area contributed by atoms with Crippen molar-refractivity contribution in [2.45, 2.75) is 0 Å². The molecule has 1 aliphatic rings. The van der Waals surface area contributed by atoms with Gasteiger partial charge in [0, 0.05) is 65.3 Å². The van der Waals surface area contributed by atoms with Gasteiger partial charge in [-0.2, -0.15) is 43.1 Å².